The Balaban J connectivity index is 1.40. The molecule has 5 rings (SSSR count). The molecule has 0 bridgehead atoms. The van der Waals surface area contributed by atoms with E-state index in [1.54, 1.807) is 42.9 Å². The molecule has 0 aliphatic heterocycles. The average molecular weight is 484 g/mol. The third-order valence-electron chi connectivity index (χ3n) is 5.38. The van der Waals surface area contributed by atoms with Crippen molar-refractivity contribution in [2.24, 2.45) is 0 Å². The number of amides is 1. The van der Waals surface area contributed by atoms with E-state index < -0.39 is 11.6 Å². The molecule has 0 saturated carbocycles. The molecule has 0 radical (unpaired) electrons. The highest BCUT2D eigenvalue weighted by molar-refractivity contribution is 5.92. The SMILES string of the molecule is Nc1ncc(-c2ccc(NC(=O)Cc3cccnc3)cc2)cc1-c1nnnn1-c1cccc(F)c1F. The van der Waals surface area contributed by atoms with Crippen LogP contribution in [-0.2, 0) is 11.2 Å². The van der Waals surface area contributed by atoms with Crippen molar-refractivity contribution in [2.45, 2.75) is 6.42 Å². The molecule has 36 heavy (non-hydrogen) atoms. The van der Waals surface area contributed by atoms with Crippen LogP contribution in [0.15, 0.2) is 79.3 Å². The van der Waals surface area contributed by atoms with E-state index in [0.29, 0.717) is 16.8 Å². The largest absolute Gasteiger partial charge is 0.383 e. The zero-order valence-corrected chi connectivity index (χ0v) is 18.6. The Morgan fingerprint density at radius 2 is 1.83 bits per heavy atom. The third-order valence-corrected chi connectivity index (χ3v) is 5.38. The van der Waals surface area contributed by atoms with Gasteiger partial charge in [-0.25, -0.2) is 13.8 Å². The van der Waals surface area contributed by atoms with Crippen LogP contribution in [0.3, 0.4) is 0 Å². The van der Waals surface area contributed by atoms with Crippen LogP contribution in [0.25, 0.3) is 28.2 Å². The lowest BCUT2D eigenvalue weighted by Gasteiger charge is -2.10. The maximum atomic E-state index is 14.4. The van der Waals surface area contributed by atoms with E-state index in [1.807, 2.05) is 18.2 Å². The van der Waals surface area contributed by atoms with Crippen molar-refractivity contribution in [1.29, 1.82) is 0 Å². The summed E-state index contributed by atoms with van der Waals surface area (Å²) in [6.07, 6.45) is 5.08. The number of benzene rings is 2. The Morgan fingerprint density at radius 1 is 1.00 bits per heavy atom. The molecule has 11 heteroatoms. The van der Waals surface area contributed by atoms with Crippen molar-refractivity contribution in [2.75, 3.05) is 11.1 Å². The number of carbonyl (C=O) groups excluding carboxylic acids is 1. The number of nitrogens with one attached hydrogen (secondary N) is 1. The number of hydrogen-bond donors (Lipinski definition) is 2. The minimum Gasteiger partial charge on any atom is -0.383 e. The van der Waals surface area contributed by atoms with Gasteiger partial charge in [0.2, 0.25) is 5.91 Å². The first-order valence-electron chi connectivity index (χ1n) is 10.8. The van der Waals surface area contributed by atoms with Gasteiger partial charge < -0.3 is 11.1 Å². The molecule has 0 aliphatic carbocycles. The number of rotatable bonds is 6. The molecule has 2 aromatic carbocycles. The summed E-state index contributed by atoms with van der Waals surface area (Å²) in [7, 11) is 0. The van der Waals surface area contributed by atoms with Crippen molar-refractivity contribution >= 4 is 17.4 Å². The van der Waals surface area contributed by atoms with E-state index in [4.69, 9.17) is 5.73 Å². The van der Waals surface area contributed by atoms with E-state index in [9.17, 15) is 13.6 Å². The maximum Gasteiger partial charge on any atom is 0.228 e. The fourth-order valence-corrected chi connectivity index (χ4v) is 3.62. The quantitative estimate of drug-likeness (QED) is 0.375. The summed E-state index contributed by atoms with van der Waals surface area (Å²) in [5.41, 5.74) is 9.16. The number of aromatic nitrogens is 6. The van der Waals surface area contributed by atoms with Crippen LogP contribution < -0.4 is 11.1 Å². The van der Waals surface area contributed by atoms with Crippen LogP contribution >= 0.6 is 0 Å². The van der Waals surface area contributed by atoms with Gasteiger partial charge in [0, 0.05) is 29.8 Å². The summed E-state index contributed by atoms with van der Waals surface area (Å²) in [6, 6.07) is 16.2. The molecule has 3 aromatic heterocycles. The number of tetrazole rings is 1. The summed E-state index contributed by atoms with van der Waals surface area (Å²) in [6.45, 7) is 0. The standard InChI is InChI=1S/C25H18F2N8O/c26-20-4-1-5-21(23(20)27)35-25(32-33-34-35)19-12-17(14-30-24(19)28)16-6-8-18(9-7-16)31-22(36)11-15-3-2-10-29-13-15/h1-10,12-14H,11H2,(H2,28,30)(H,31,36). The molecule has 9 nitrogen and oxygen atoms in total. The van der Waals surface area contributed by atoms with Gasteiger partial charge in [-0.15, -0.1) is 5.10 Å². The number of hydrogen-bond acceptors (Lipinski definition) is 7. The van der Waals surface area contributed by atoms with Gasteiger partial charge in [0.05, 0.1) is 12.0 Å². The fourth-order valence-electron chi connectivity index (χ4n) is 3.62. The topological polar surface area (TPSA) is 124 Å². The molecule has 0 spiro atoms. The van der Waals surface area contributed by atoms with E-state index >= 15 is 0 Å². The second-order valence-electron chi connectivity index (χ2n) is 7.81. The summed E-state index contributed by atoms with van der Waals surface area (Å²) in [4.78, 5) is 20.5. The van der Waals surface area contributed by atoms with Gasteiger partial charge in [0.15, 0.2) is 17.5 Å². The molecule has 1 amide bonds. The van der Waals surface area contributed by atoms with Crippen LogP contribution in [0.1, 0.15) is 5.56 Å². The van der Waals surface area contributed by atoms with Crippen LogP contribution in [0.2, 0.25) is 0 Å². The van der Waals surface area contributed by atoms with Gasteiger partial charge in [-0.05, 0) is 58.0 Å². The van der Waals surface area contributed by atoms with Gasteiger partial charge in [-0.1, -0.05) is 24.3 Å². The average Bonchev–Trinajstić information content (AvgIpc) is 3.36. The monoisotopic (exact) mass is 484 g/mol. The molecule has 0 atom stereocenters. The second-order valence-corrected chi connectivity index (χ2v) is 7.81. The molecule has 0 fully saturated rings. The number of halogens is 2. The molecule has 0 saturated heterocycles. The fraction of sp³-hybridized carbons (Fsp3) is 0.0400. The van der Waals surface area contributed by atoms with Gasteiger partial charge in [-0.3, -0.25) is 9.78 Å². The molecular formula is C25H18F2N8O. The number of pyridine rings is 2. The van der Waals surface area contributed by atoms with E-state index in [-0.39, 0.29) is 29.7 Å². The smallest absolute Gasteiger partial charge is 0.228 e. The summed E-state index contributed by atoms with van der Waals surface area (Å²) in [5, 5.41) is 14.2. The highest BCUT2D eigenvalue weighted by Crippen LogP contribution is 2.30. The predicted octanol–water partition coefficient (Wildman–Crippen LogP) is 3.83. The molecule has 0 unspecified atom stereocenters. The Morgan fingerprint density at radius 3 is 2.61 bits per heavy atom. The van der Waals surface area contributed by atoms with Crippen LogP contribution in [0.4, 0.5) is 20.3 Å². The highest BCUT2D eigenvalue weighted by atomic mass is 19.2. The molecule has 178 valence electrons. The Hall–Kier alpha value is -5.06. The Bertz CT molecular complexity index is 1540. The predicted molar refractivity (Wildman–Crippen MR) is 129 cm³/mol. The molecule has 5 aromatic rings. The summed E-state index contributed by atoms with van der Waals surface area (Å²) < 4.78 is 29.2. The first-order chi connectivity index (χ1) is 17.5. The molecule has 0 aliphatic rings. The van der Waals surface area contributed by atoms with Crippen LogP contribution in [0, 0.1) is 11.6 Å². The number of anilines is 2. The van der Waals surface area contributed by atoms with Gasteiger partial charge in [0.1, 0.15) is 11.5 Å². The molecule has 3 N–H and O–H groups in total. The van der Waals surface area contributed by atoms with Crippen molar-refractivity contribution in [1.82, 2.24) is 30.2 Å². The van der Waals surface area contributed by atoms with Gasteiger partial charge in [-0.2, -0.15) is 4.68 Å². The van der Waals surface area contributed by atoms with Gasteiger partial charge in [0.25, 0.3) is 0 Å². The Labute approximate surface area is 203 Å². The first-order valence-corrected chi connectivity index (χ1v) is 10.8. The van der Waals surface area contributed by atoms with Crippen molar-refractivity contribution in [3.63, 3.8) is 0 Å². The zero-order valence-electron chi connectivity index (χ0n) is 18.6. The van der Waals surface area contributed by atoms with E-state index in [0.717, 1.165) is 21.9 Å². The van der Waals surface area contributed by atoms with Crippen LogP contribution in [0.5, 0.6) is 0 Å². The zero-order chi connectivity index (χ0) is 25.1. The van der Waals surface area contributed by atoms with E-state index in [1.165, 1.54) is 12.1 Å². The number of nitrogens with two attached hydrogens (primary N) is 1. The van der Waals surface area contributed by atoms with E-state index in [2.05, 4.69) is 30.8 Å². The Kier molecular flexibility index (Phi) is 6.10. The summed E-state index contributed by atoms with van der Waals surface area (Å²) in [5.74, 6) is -2.06. The number of nitrogen functional groups attached to an aromatic ring is 1. The highest BCUT2D eigenvalue weighted by Gasteiger charge is 2.19. The van der Waals surface area contributed by atoms with Crippen molar-refractivity contribution in [3.8, 4) is 28.2 Å². The molecular weight excluding hydrogens is 466 g/mol. The summed E-state index contributed by atoms with van der Waals surface area (Å²) >= 11 is 0. The first kappa shape index (κ1) is 22.7. The lowest BCUT2D eigenvalue weighted by Crippen LogP contribution is -2.14. The van der Waals surface area contributed by atoms with Crippen LogP contribution in [-0.4, -0.2) is 36.1 Å². The normalized spacial score (nSPS) is 10.8. The third kappa shape index (κ3) is 4.62. The number of nitrogens with zero attached hydrogens (tertiary/aromatic N) is 6. The van der Waals surface area contributed by atoms with Crippen molar-refractivity contribution < 1.29 is 13.6 Å². The minimum absolute atomic E-state index is 0.102. The lowest BCUT2D eigenvalue weighted by molar-refractivity contribution is -0.115. The minimum atomic E-state index is -1.09. The maximum absolute atomic E-state index is 14.4. The molecule has 3 heterocycles. The second kappa shape index (κ2) is 9.66. The van der Waals surface area contributed by atoms with Crippen molar-refractivity contribution in [3.05, 3.63) is 96.5 Å². The van der Waals surface area contributed by atoms with Gasteiger partial charge >= 0.3 is 0 Å². The number of carbonyl (C=O) groups is 1. The lowest BCUT2D eigenvalue weighted by atomic mass is 10.0.